The molecule has 1 heterocycles. The third kappa shape index (κ3) is 5.07. The zero-order valence-corrected chi connectivity index (χ0v) is 11.7. The first-order valence-corrected chi connectivity index (χ1v) is 7.08. The van der Waals surface area contributed by atoms with Gasteiger partial charge < -0.3 is 20.5 Å². The lowest BCUT2D eigenvalue weighted by Gasteiger charge is -2.16. The minimum atomic E-state index is -1.05. The van der Waals surface area contributed by atoms with Gasteiger partial charge in [0.15, 0.2) is 0 Å². The molecule has 2 amide bonds. The van der Waals surface area contributed by atoms with E-state index in [4.69, 9.17) is 4.74 Å². The fourth-order valence-corrected chi connectivity index (χ4v) is 2.27. The fourth-order valence-electron chi connectivity index (χ4n) is 2.27. The molecule has 0 aliphatic carbocycles. The van der Waals surface area contributed by atoms with E-state index in [9.17, 15) is 14.7 Å². The van der Waals surface area contributed by atoms with Crippen LogP contribution >= 0.6 is 0 Å². The first-order chi connectivity index (χ1) is 10.1. The summed E-state index contributed by atoms with van der Waals surface area (Å²) in [5, 5.41) is 14.3. The maximum atomic E-state index is 11.8. The van der Waals surface area contributed by atoms with Crippen LogP contribution in [-0.2, 0) is 16.0 Å². The molecule has 0 spiro atoms. The average Bonchev–Trinajstić information content (AvgIpc) is 2.99. The number of carbonyl (C=O) groups is 2. The van der Waals surface area contributed by atoms with Gasteiger partial charge in [-0.2, -0.15) is 0 Å². The molecular formula is C15H20N2O4. The molecule has 6 nitrogen and oxygen atoms in total. The lowest BCUT2D eigenvalue weighted by molar-refractivity contribution is -0.139. The number of carboxylic acid groups (broad SMARTS) is 1. The normalized spacial score (nSPS) is 19.0. The van der Waals surface area contributed by atoms with Crippen molar-refractivity contribution >= 4 is 12.0 Å². The maximum Gasteiger partial charge on any atom is 0.326 e. The first kappa shape index (κ1) is 15.3. The van der Waals surface area contributed by atoms with Crippen molar-refractivity contribution in [1.29, 1.82) is 0 Å². The summed E-state index contributed by atoms with van der Waals surface area (Å²) < 4.78 is 5.39. The monoisotopic (exact) mass is 292 g/mol. The molecule has 0 unspecified atom stereocenters. The van der Waals surface area contributed by atoms with Crippen molar-refractivity contribution in [3.8, 4) is 0 Å². The Morgan fingerprint density at radius 2 is 2.10 bits per heavy atom. The molecular weight excluding hydrogens is 272 g/mol. The Morgan fingerprint density at radius 1 is 1.33 bits per heavy atom. The predicted molar refractivity (Wildman–Crippen MR) is 77.1 cm³/mol. The summed E-state index contributed by atoms with van der Waals surface area (Å²) >= 11 is 0. The van der Waals surface area contributed by atoms with Crippen molar-refractivity contribution in [2.45, 2.75) is 31.4 Å². The van der Waals surface area contributed by atoms with Gasteiger partial charge in [0.2, 0.25) is 0 Å². The second-order valence-electron chi connectivity index (χ2n) is 5.07. The van der Waals surface area contributed by atoms with E-state index in [1.807, 2.05) is 30.3 Å². The minimum absolute atomic E-state index is 0.0353. The number of rotatable bonds is 6. The molecule has 3 N–H and O–H groups in total. The van der Waals surface area contributed by atoms with Crippen LogP contribution in [0.3, 0.4) is 0 Å². The highest BCUT2D eigenvalue weighted by molar-refractivity contribution is 5.82. The first-order valence-electron chi connectivity index (χ1n) is 7.08. The van der Waals surface area contributed by atoms with E-state index in [0.717, 1.165) is 25.0 Å². The van der Waals surface area contributed by atoms with Crippen LogP contribution in [0, 0.1) is 0 Å². The highest BCUT2D eigenvalue weighted by Gasteiger charge is 2.21. The molecule has 1 saturated heterocycles. The topological polar surface area (TPSA) is 87.7 Å². The number of urea groups is 1. The van der Waals surface area contributed by atoms with E-state index in [1.54, 1.807) is 0 Å². The fraction of sp³-hybridized carbons (Fsp3) is 0.467. The lowest BCUT2D eigenvalue weighted by atomic mass is 10.1. The van der Waals surface area contributed by atoms with Crippen LogP contribution < -0.4 is 10.6 Å². The number of ether oxygens (including phenoxy) is 1. The van der Waals surface area contributed by atoms with Crippen molar-refractivity contribution < 1.29 is 19.4 Å². The lowest BCUT2D eigenvalue weighted by Crippen LogP contribution is -2.48. The molecule has 0 aromatic heterocycles. The van der Waals surface area contributed by atoms with Crippen LogP contribution in [0.2, 0.25) is 0 Å². The predicted octanol–water partition coefficient (Wildman–Crippen LogP) is 1.16. The summed E-state index contributed by atoms with van der Waals surface area (Å²) in [5.74, 6) is -1.05. The molecule has 0 bridgehead atoms. The summed E-state index contributed by atoms with van der Waals surface area (Å²) in [5.41, 5.74) is 0.865. The van der Waals surface area contributed by atoms with Crippen molar-refractivity contribution in [3.05, 3.63) is 35.9 Å². The zero-order chi connectivity index (χ0) is 15.1. The SMILES string of the molecule is O=C(NC[C@H]1CCCO1)N[C@@H](Cc1ccccc1)C(=O)O. The second kappa shape index (κ2) is 7.64. The van der Waals surface area contributed by atoms with Crippen molar-refractivity contribution in [2.75, 3.05) is 13.2 Å². The average molecular weight is 292 g/mol. The zero-order valence-electron chi connectivity index (χ0n) is 11.7. The Bertz CT molecular complexity index is 472. The van der Waals surface area contributed by atoms with Gasteiger partial charge in [-0.05, 0) is 18.4 Å². The minimum Gasteiger partial charge on any atom is -0.480 e. The molecule has 1 aromatic rings. The molecule has 1 aliphatic heterocycles. The quantitative estimate of drug-likeness (QED) is 0.734. The standard InChI is InChI=1S/C15H20N2O4/c18-14(19)13(9-11-5-2-1-3-6-11)17-15(20)16-10-12-7-4-8-21-12/h1-3,5-6,12-13H,4,7-10H2,(H,18,19)(H2,16,17,20)/t12-,13+/m1/s1. The van der Waals surface area contributed by atoms with Gasteiger partial charge in [-0.25, -0.2) is 9.59 Å². The highest BCUT2D eigenvalue weighted by Crippen LogP contribution is 2.10. The van der Waals surface area contributed by atoms with E-state index < -0.39 is 18.0 Å². The molecule has 1 fully saturated rings. The number of nitrogens with one attached hydrogen (secondary N) is 2. The molecule has 6 heteroatoms. The molecule has 1 aromatic carbocycles. The van der Waals surface area contributed by atoms with Gasteiger partial charge in [0.25, 0.3) is 0 Å². The molecule has 1 aliphatic rings. The molecule has 2 rings (SSSR count). The van der Waals surface area contributed by atoms with E-state index in [2.05, 4.69) is 10.6 Å². The number of amides is 2. The Kier molecular flexibility index (Phi) is 5.57. The maximum absolute atomic E-state index is 11.8. The summed E-state index contributed by atoms with van der Waals surface area (Å²) in [6, 6.07) is 7.79. The number of carbonyl (C=O) groups excluding carboxylic acids is 1. The van der Waals surface area contributed by atoms with Crippen LogP contribution in [0.1, 0.15) is 18.4 Å². The molecule has 0 radical (unpaired) electrons. The second-order valence-corrected chi connectivity index (χ2v) is 5.07. The van der Waals surface area contributed by atoms with Crippen LogP contribution in [-0.4, -0.2) is 42.4 Å². The molecule has 0 saturated carbocycles. The summed E-state index contributed by atoms with van der Waals surface area (Å²) in [7, 11) is 0. The number of aliphatic carboxylic acids is 1. The van der Waals surface area contributed by atoms with Gasteiger partial charge in [0, 0.05) is 19.6 Å². The Morgan fingerprint density at radius 3 is 2.71 bits per heavy atom. The van der Waals surface area contributed by atoms with Gasteiger partial charge in [0.05, 0.1) is 6.10 Å². The largest absolute Gasteiger partial charge is 0.480 e. The van der Waals surface area contributed by atoms with E-state index in [-0.39, 0.29) is 12.5 Å². The third-order valence-corrected chi connectivity index (χ3v) is 3.40. The van der Waals surface area contributed by atoms with Gasteiger partial charge in [0.1, 0.15) is 6.04 Å². The number of hydrogen-bond acceptors (Lipinski definition) is 3. The van der Waals surface area contributed by atoms with E-state index in [1.165, 1.54) is 0 Å². The molecule has 21 heavy (non-hydrogen) atoms. The van der Waals surface area contributed by atoms with Crippen LogP contribution in [0.4, 0.5) is 4.79 Å². The van der Waals surface area contributed by atoms with Crippen LogP contribution in [0.5, 0.6) is 0 Å². The summed E-state index contributed by atoms with van der Waals surface area (Å²) in [4.78, 5) is 23.0. The number of hydrogen-bond donors (Lipinski definition) is 3. The van der Waals surface area contributed by atoms with Gasteiger partial charge in [-0.3, -0.25) is 0 Å². The summed E-state index contributed by atoms with van der Waals surface area (Å²) in [6.07, 6.45) is 2.21. The van der Waals surface area contributed by atoms with Crippen LogP contribution in [0.25, 0.3) is 0 Å². The molecule has 114 valence electrons. The van der Waals surface area contributed by atoms with E-state index in [0.29, 0.717) is 6.54 Å². The third-order valence-electron chi connectivity index (χ3n) is 3.40. The molecule has 2 atom stereocenters. The van der Waals surface area contributed by atoms with Gasteiger partial charge in [-0.15, -0.1) is 0 Å². The van der Waals surface area contributed by atoms with Gasteiger partial charge >= 0.3 is 12.0 Å². The van der Waals surface area contributed by atoms with Crippen molar-refractivity contribution in [2.24, 2.45) is 0 Å². The smallest absolute Gasteiger partial charge is 0.326 e. The van der Waals surface area contributed by atoms with Crippen LogP contribution in [0.15, 0.2) is 30.3 Å². The summed E-state index contributed by atoms with van der Waals surface area (Å²) in [6.45, 7) is 1.13. The van der Waals surface area contributed by atoms with Crippen molar-refractivity contribution in [3.63, 3.8) is 0 Å². The Labute approximate surface area is 123 Å². The number of benzene rings is 1. The highest BCUT2D eigenvalue weighted by atomic mass is 16.5. The van der Waals surface area contributed by atoms with Gasteiger partial charge in [-0.1, -0.05) is 30.3 Å². The number of carboxylic acids is 1. The Balaban J connectivity index is 1.81. The Hall–Kier alpha value is -2.08. The van der Waals surface area contributed by atoms with Crippen molar-refractivity contribution in [1.82, 2.24) is 10.6 Å². The van der Waals surface area contributed by atoms with E-state index >= 15 is 0 Å².